The van der Waals surface area contributed by atoms with Crippen LogP contribution in [0.4, 0.5) is 0 Å². The molecule has 0 aliphatic rings. The normalized spacial score (nSPS) is 10.5. The van der Waals surface area contributed by atoms with Crippen LogP contribution in [0.2, 0.25) is 0 Å². The van der Waals surface area contributed by atoms with Crippen LogP contribution in [0.15, 0.2) is 46.4 Å². The zero-order valence-electron chi connectivity index (χ0n) is 14.2. The molecule has 3 aromatic rings. The van der Waals surface area contributed by atoms with E-state index in [1.165, 1.54) is 17.6 Å². The van der Waals surface area contributed by atoms with Crippen molar-refractivity contribution in [3.05, 3.63) is 62.8 Å². The van der Waals surface area contributed by atoms with Gasteiger partial charge in [-0.05, 0) is 37.7 Å². The van der Waals surface area contributed by atoms with Crippen LogP contribution >= 0.6 is 23.6 Å². The average Bonchev–Trinajstić information content (AvgIpc) is 3.20. The van der Waals surface area contributed by atoms with Crippen molar-refractivity contribution in [1.29, 1.82) is 0 Å². The molecular weight excluding hydrogens is 370 g/mol. The van der Waals surface area contributed by atoms with Gasteiger partial charge in [0, 0.05) is 5.38 Å². The SMILES string of the molecule is Cc1ccc(-c2csc(=S)n2CC(=O)NNC(=O)c2ccoc2C)cc1. The number of hydrazine groups is 1. The molecule has 0 aliphatic carbocycles. The number of carbonyl (C=O) groups excluding carboxylic acids is 2. The minimum Gasteiger partial charge on any atom is -0.469 e. The molecule has 6 nitrogen and oxygen atoms in total. The molecule has 0 atom stereocenters. The molecule has 3 rings (SSSR count). The van der Waals surface area contributed by atoms with Crippen LogP contribution in [0.5, 0.6) is 0 Å². The topological polar surface area (TPSA) is 76.3 Å². The van der Waals surface area contributed by atoms with E-state index >= 15 is 0 Å². The summed E-state index contributed by atoms with van der Waals surface area (Å²) in [7, 11) is 0. The second-order valence-electron chi connectivity index (χ2n) is 5.73. The summed E-state index contributed by atoms with van der Waals surface area (Å²) >= 11 is 6.73. The molecule has 0 saturated carbocycles. The van der Waals surface area contributed by atoms with Crippen molar-refractivity contribution in [2.45, 2.75) is 20.4 Å². The van der Waals surface area contributed by atoms with E-state index in [4.69, 9.17) is 16.6 Å². The molecule has 0 saturated heterocycles. The fourth-order valence-corrected chi connectivity index (χ4v) is 3.50. The molecule has 0 radical (unpaired) electrons. The summed E-state index contributed by atoms with van der Waals surface area (Å²) < 4.78 is 7.41. The highest BCUT2D eigenvalue weighted by Crippen LogP contribution is 2.24. The van der Waals surface area contributed by atoms with E-state index in [2.05, 4.69) is 10.9 Å². The van der Waals surface area contributed by atoms with Gasteiger partial charge < -0.3 is 8.98 Å². The number of rotatable bonds is 4. The summed E-state index contributed by atoms with van der Waals surface area (Å²) in [6.07, 6.45) is 1.42. The van der Waals surface area contributed by atoms with E-state index in [1.807, 2.05) is 36.6 Å². The van der Waals surface area contributed by atoms with Crippen LogP contribution in [0.1, 0.15) is 21.7 Å². The summed E-state index contributed by atoms with van der Waals surface area (Å²) in [5.74, 6) is -0.321. The van der Waals surface area contributed by atoms with E-state index < -0.39 is 5.91 Å². The zero-order valence-corrected chi connectivity index (χ0v) is 15.9. The first-order chi connectivity index (χ1) is 12.5. The van der Waals surface area contributed by atoms with Gasteiger partial charge in [-0.25, -0.2) is 0 Å². The predicted molar refractivity (Wildman–Crippen MR) is 102 cm³/mol. The van der Waals surface area contributed by atoms with E-state index in [1.54, 1.807) is 17.6 Å². The van der Waals surface area contributed by atoms with E-state index in [-0.39, 0.29) is 12.5 Å². The van der Waals surface area contributed by atoms with Crippen molar-refractivity contribution < 1.29 is 14.0 Å². The maximum Gasteiger partial charge on any atom is 0.273 e. The Hall–Kier alpha value is -2.71. The number of aryl methyl sites for hydroxylation is 2. The lowest BCUT2D eigenvalue weighted by Gasteiger charge is -2.10. The van der Waals surface area contributed by atoms with Gasteiger partial charge in [-0.1, -0.05) is 29.8 Å². The van der Waals surface area contributed by atoms with Crippen LogP contribution in [0.3, 0.4) is 0 Å². The minimum atomic E-state index is -0.433. The lowest BCUT2D eigenvalue weighted by molar-refractivity contribution is -0.122. The molecule has 8 heteroatoms. The smallest absolute Gasteiger partial charge is 0.273 e. The minimum absolute atomic E-state index is 0.0101. The number of thiazole rings is 1. The highest BCUT2D eigenvalue weighted by Gasteiger charge is 2.14. The summed E-state index contributed by atoms with van der Waals surface area (Å²) in [5, 5.41) is 1.92. The molecule has 2 aromatic heterocycles. The third kappa shape index (κ3) is 3.92. The first-order valence-electron chi connectivity index (χ1n) is 7.84. The van der Waals surface area contributed by atoms with Gasteiger partial charge in [0.25, 0.3) is 11.8 Å². The number of carbonyl (C=O) groups is 2. The second kappa shape index (κ2) is 7.67. The number of nitrogens with zero attached hydrogens (tertiary/aromatic N) is 1. The summed E-state index contributed by atoms with van der Waals surface area (Å²) in [6, 6.07) is 9.54. The van der Waals surface area contributed by atoms with Gasteiger partial charge >= 0.3 is 0 Å². The largest absolute Gasteiger partial charge is 0.469 e. The van der Waals surface area contributed by atoms with Crippen molar-refractivity contribution in [1.82, 2.24) is 15.4 Å². The molecule has 2 amide bonds. The zero-order chi connectivity index (χ0) is 18.7. The Morgan fingerprint density at radius 2 is 1.88 bits per heavy atom. The molecule has 0 spiro atoms. The van der Waals surface area contributed by atoms with Gasteiger partial charge in [0.1, 0.15) is 12.3 Å². The quantitative estimate of drug-likeness (QED) is 0.530. The van der Waals surface area contributed by atoms with Crippen LogP contribution in [-0.2, 0) is 11.3 Å². The van der Waals surface area contributed by atoms with Crippen LogP contribution < -0.4 is 10.9 Å². The molecule has 0 aliphatic heterocycles. The number of benzene rings is 1. The fourth-order valence-electron chi connectivity index (χ4n) is 2.43. The highest BCUT2D eigenvalue weighted by atomic mass is 32.1. The molecule has 0 fully saturated rings. The lowest BCUT2D eigenvalue weighted by atomic mass is 10.1. The van der Waals surface area contributed by atoms with Gasteiger partial charge in [0.15, 0.2) is 3.95 Å². The van der Waals surface area contributed by atoms with Gasteiger partial charge in [-0.2, -0.15) is 0 Å². The molecule has 1 aromatic carbocycles. The Kier molecular flexibility index (Phi) is 5.34. The number of aromatic nitrogens is 1. The Bertz CT molecular complexity index is 999. The Morgan fingerprint density at radius 3 is 2.54 bits per heavy atom. The molecule has 2 heterocycles. The monoisotopic (exact) mass is 387 g/mol. The average molecular weight is 387 g/mol. The lowest BCUT2D eigenvalue weighted by Crippen LogP contribution is -2.43. The van der Waals surface area contributed by atoms with E-state index in [0.717, 1.165) is 16.8 Å². The van der Waals surface area contributed by atoms with E-state index in [9.17, 15) is 9.59 Å². The van der Waals surface area contributed by atoms with Gasteiger partial charge in [-0.3, -0.25) is 20.4 Å². The third-order valence-electron chi connectivity index (χ3n) is 3.85. The van der Waals surface area contributed by atoms with Gasteiger partial charge in [0.05, 0.1) is 17.5 Å². The number of furan rings is 1. The number of nitrogens with one attached hydrogen (secondary N) is 2. The first-order valence-corrected chi connectivity index (χ1v) is 9.13. The van der Waals surface area contributed by atoms with Crippen molar-refractivity contribution in [3.8, 4) is 11.3 Å². The molecule has 134 valence electrons. The van der Waals surface area contributed by atoms with E-state index in [0.29, 0.717) is 15.3 Å². The number of hydrogen-bond acceptors (Lipinski definition) is 5. The highest BCUT2D eigenvalue weighted by molar-refractivity contribution is 7.73. The molecule has 26 heavy (non-hydrogen) atoms. The number of amides is 2. The summed E-state index contributed by atoms with van der Waals surface area (Å²) in [4.78, 5) is 24.3. The third-order valence-corrected chi connectivity index (χ3v) is 5.12. The van der Waals surface area contributed by atoms with Crippen molar-refractivity contribution in [2.24, 2.45) is 0 Å². The second-order valence-corrected chi connectivity index (χ2v) is 7.24. The predicted octanol–water partition coefficient (Wildman–Crippen LogP) is 3.62. The van der Waals surface area contributed by atoms with Crippen molar-refractivity contribution in [3.63, 3.8) is 0 Å². The summed E-state index contributed by atoms with van der Waals surface area (Å²) in [6.45, 7) is 3.70. The molecular formula is C18H17N3O3S2. The van der Waals surface area contributed by atoms with Crippen LogP contribution in [0.25, 0.3) is 11.3 Å². The number of hydrogen-bond donors (Lipinski definition) is 2. The Morgan fingerprint density at radius 1 is 1.15 bits per heavy atom. The molecule has 0 unspecified atom stereocenters. The van der Waals surface area contributed by atoms with Crippen molar-refractivity contribution in [2.75, 3.05) is 0 Å². The molecule has 0 bridgehead atoms. The van der Waals surface area contributed by atoms with Gasteiger partial charge in [-0.15, -0.1) is 11.3 Å². The maximum absolute atomic E-state index is 12.2. The van der Waals surface area contributed by atoms with Gasteiger partial charge in [0.2, 0.25) is 0 Å². The Labute approximate surface area is 159 Å². The molecule has 2 N–H and O–H groups in total. The summed E-state index contributed by atoms with van der Waals surface area (Å²) in [5.41, 5.74) is 8.17. The van der Waals surface area contributed by atoms with Crippen LogP contribution in [0, 0.1) is 17.8 Å². The first kappa shape index (κ1) is 18.1. The van der Waals surface area contributed by atoms with Crippen LogP contribution in [-0.4, -0.2) is 16.4 Å². The Balaban J connectivity index is 1.69. The van der Waals surface area contributed by atoms with Crippen molar-refractivity contribution >= 4 is 35.4 Å². The fraction of sp³-hybridized carbons (Fsp3) is 0.167. The standard InChI is InChI=1S/C18H17N3O3S2/c1-11-3-5-13(6-4-11)15-10-26-18(25)21(15)9-16(22)19-20-17(23)14-7-8-24-12(14)2/h3-8,10H,9H2,1-2H3,(H,19,22)(H,20,23). The maximum atomic E-state index is 12.2.